The third-order valence-electron chi connectivity index (χ3n) is 5.69. The molecule has 6 nitrogen and oxygen atoms in total. The van der Waals surface area contributed by atoms with Gasteiger partial charge >= 0.3 is 5.97 Å². The molecule has 0 saturated carbocycles. The molecule has 0 fully saturated rings. The van der Waals surface area contributed by atoms with E-state index in [2.05, 4.69) is 10.6 Å². The van der Waals surface area contributed by atoms with Crippen LogP contribution in [0.4, 0.5) is 0 Å². The van der Waals surface area contributed by atoms with Gasteiger partial charge in [0.05, 0.1) is 0 Å². The molecule has 6 heteroatoms. The molecule has 3 N–H and O–H groups in total. The van der Waals surface area contributed by atoms with Gasteiger partial charge in [-0.25, -0.2) is 0 Å². The highest BCUT2D eigenvalue weighted by Gasteiger charge is 2.26. The molecule has 0 saturated heterocycles. The fraction of sp³-hybridized carbons (Fsp3) is 0.148. The summed E-state index contributed by atoms with van der Waals surface area (Å²) in [6.07, 6.45) is 0.218. The van der Waals surface area contributed by atoms with E-state index in [-0.39, 0.29) is 6.42 Å². The van der Waals surface area contributed by atoms with Crippen LogP contribution in [-0.2, 0) is 16.0 Å². The molecule has 0 spiro atoms. The van der Waals surface area contributed by atoms with E-state index in [4.69, 9.17) is 0 Å². The lowest BCUT2D eigenvalue weighted by atomic mass is 9.97. The molecule has 4 rings (SSSR count). The zero-order valence-corrected chi connectivity index (χ0v) is 18.1. The monoisotopic (exact) mass is 440 g/mol. The number of hydrogen-bond donors (Lipinski definition) is 3. The van der Waals surface area contributed by atoms with Crippen molar-refractivity contribution in [2.24, 2.45) is 0 Å². The number of carbonyl (C=O) groups is 3. The molecule has 2 amide bonds. The second kappa shape index (κ2) is 9.53. The van der Waals surface area contributed by atoms with Gasteiger partial charge in [0.25, 0.3) is 5.91 Å². The normalized spacial score (nSPS) is 12.8. The third-order valence-corrected chi connectivity index (χ3v) is 5.69. The van der Waals surface area contributed by atoms with Gasteiger partial charge in [0, 0.05) is 12.0 Å². The van der Waals surface area contributed by atoms with Crippen molar-refractivity contribution in [3.8, 4) is 0 Å². The topological polar surface area (TPSA) is 95.5 Å². The maximum absolute atomic E-state index is 13.2. The first kappa shape index (κ1) is 22.0. The maximum Gasteiger partial charge on any atom is 0.325 e. The van der Waals surface area contributed by atoms with Gasteiger partial charge in [0.2, 0.25) is 5.91 Å². The first-order valence-electron chi connectivity index (χ1n) is 10.7. The van der Waals surface area contributed by atoms with E-state index < -0.39 is 29.9 Å². The van der Waals surface area contributed by atoms with E-state index in [0.717, 1.165) is 27.1 Å². The molecular formula is C27H24N2O4. The first-order valence-corrected chi connectivity index (χ1v) is 10.7. The fourth-order valence-corrected chi connectivity index (χ4v) is 3.93. The highest BCUT2D eigenvalue weighted by Crippen LogP contribution is 2.21. The number of rotatable bonds is 7. The molecule has 166 valence electrons. The molecule has 0 aliphatic rings. The van der Waals surface area contributed by atoms with Gasteiger partial charge in [-0.3, -0.25) is 14.4 Å². The summed E-state index contributed by atoms with van der Waals surface area (Å²) in [7, 11) is 0. The number of carboxylic acid groups (broad SMARTS) is 1. The van der Waals surface area contributed by atoms with Crippen LogP contribution in [0.2, 0.25) is 0 Å². The van der Waals surface area contributed by atoms with Crippen LogP contribution in [0.1, 0.15) is 22.8 Å². The molecule has 33 heavy (non-hydrogen) atoms. The van der Waals surface area contributed by atoms with E-state index in [0.29, 0.717) is 5.56 Å². The minimum absolute atomic E-state index is 0.218. The van der Waals surface area contributed by atoms with Crippen LogP contribution >= 0.6 is 0 Å². The summed E-state index contributed by atoms with van der Waals surface area (Å²) in [6.45, 7) is 1.39. The molecule has 0 radical (unpaired) electrons. The van der Waals surface area contributed by atoms with E-state index in [1.807, 2.05) is 72.8 Å². The lowest BCUT2D eigenvalue weighted by Crippen LogP contribution is -2.51. The zero-order chi connectivity index (χ0) is 23.4. The summed E-state index contributed by atoms with van der Waals surface area (Å²) in [4.78, 5) is 37.6. The Balaban J connectivity index is 1.67. The smallest absolute Gasteiger partial charge is 0.325 e. The minimum Gasteiger partial charge on any atom is -0.480 e. The lowest BCUT2D eigenvalue weighted by Gasteiger charge is -2.21. The molecule has 4 aromatic rings. The van der Waals surface area contributed by atoms with Crippen molar-refractivity contribution in [1.82, 2.24) is 10.6 Å². The van der Waals surface area contributed by atoms with Crippen LogP contribution in [0, 0.1) is 0 Å². The summed E-state index contributed by atoms with van der Waals surface area (Å²) in [5, 5.41) is 18.2. The number of benzene rings is 4. The van der Waals surface area contributed by atoms with E-state index in [1.165, 1.54) is 6.92 Å². The summed E-state index contributed by atoms with van der Waals surface area (Å²) in [6, 6.07) is 24.5. The first-order chi connectivity index (χ1) is 15.9. The molecule has 4 aromatic carbocycles. The molecule has 0 aromatic heterocycles. The average molecular weight is 440 g/mol. The van der Waals surface area contributed by atoms with Crippen molar-refractivity contribution in [2.75, 3.05) is 0 Å². The third kappa shape index (κ3) is 4.85. The van der Waals surface area contributed by atoms with Crippen LogP contribution in [0.3, 0.4) is 0 Å². The average Bonchev–Trinajstić information content (AvgIpc) is 2.83. The molecule has 0 bridgehead atoms. The summed E-state index contributed by atoms with van der Waals surface area (Å²) >= 11 is 0. The highest BCUT2D eigenvalue weighted by atomic mass is 16.4. The number of fused-ring (bicyclic) bond motifs is 2. The Morgan fingerprint density at radius 2 is 1.33 bits per heavy atom. The van der Waals surface area contributed by atoms with Crippen molar-refractivity contribution in [2.45, 2.75) is 25.4 Å². The van der Waals surface area contributed by atoms with E-state index >= 15 is 0 Å². The number of carbonyl (C=O) groups excluding carboxylic acids is 2. The number of nitrogens with one attached hydrogen (secondary N) is 2. The van der Waals surface area contributed by atoms with Crippen LogP contribution in [0.5, 0.6) is 0 Å². The molecule has 0 heterocycles. The maximum atomic E-state index is 13.2. The predicted octanol–water partition coefficient (Wildman–Crippen LogP) is 3.92. The Labute approximate surface area is 191 Å². The second-order valence-electron chi connectivity index (χ2n) is 7.96. The van der Waals surface area contributed by atoms with Crippen molar-refractivity contribution >= 4 is 39.3 Å². The molecule has 2 unspecified atom stereocenters. The van der Waals surface area contributed by atoms with Gasteiger partial charge in [0.15, 0.2) is 0 Å². The van der Waals surface area contributed by atoms with Gasteiger partial charge < -0.3 is 15.7 Å². The van der Waals surface area contributed by atoms with Gasteiger partial charge in [0.1, 0.15) is 12.1 Å². The van der Waals surface area contributed by atoms with Crippen molar-refractivity contribution in [1.29, 1.82) is 0 Å². The van der Waals surface area contributed by atoms with Crippen LogP contribution in [-0.4, -0.2) is 35.0 Å². The Hall–Kier alpha value is -4.19. The van der Waals surface area contributed by atoms with Crippen LogP contribution < -0.4 is 10.6 Å². The lowest BCUT2D eigenvalue weighted by molar-refractivity contribution is -0.141. The summed E-state index contributed by atoms with van der Waals surface area (Å²) in [5.41, 5.74) is 1.34. The summed E-state index contributed by atoms with van der Waals surface area (Å²) < 4.78 is 0. The Kier molecular flexibility index (Phi) is 6.36. The van der Waals surface area contributed by atoms with E-state index in [1.54, 1.807) is 12.1 Å². The van der Waals surface area contributed by atoms with Crippen molar-refractivity contribution in [3.63, 3.8) is 0 Å². The summed E-state index contributed by atoms with van der Waals surface area (Å²) in [5.74, 6) is -2.09. The minimum atomic E-state index is -1.15. The SMILES string of the molecule is CC(NC(=O)C(Cc1cccc2ccccc12)NC(=O)c1cccc2ccccc12)C(=O)O. The molecular weight excluding hydrogens is 416 g/mol. The number of aliphatic carboxylic acids is 1. The van der Waals surface area contributed by atoms with Gasteiger partial charge in [-0.1, -0.05) is 78.9 Å². The molecule has 2 atom stereocenters. The van der Waals surface area contributed by atoms with Gasteiger partial charge in [-0.05, 0) is 40.1 Å². The number of amides is 2. The number of hydrogen-bond acceptors (Lipinski definition) is 3. The second-order valence-corrected chi connectivity index (χ2v) is 7.96. The quantitative estimate of drug-likeness (QED) is 0.406. The van der Waals surface area contributed by atoms with Crippen LogP contribution in [0.25, 0.3) is 21.5 Å². The van der Waals surface area contributed by atoms with Gasteiger partial charge in [-0.15, -0.1) is 0 Å². The Morgan fingerprint density at radius 1 is 0.758 bits per heavy atom. The van der Waals surface area contributed by atoms with Crippen molar-refractivity contribution in [3.05, 3.63) is 96.1 Å². The van der Waals surface area contributed by atoms with Gasteiger partial charge in [-0.2, -0.15) is 0 Å². The molecule has 0 aliphatic carbocycles. The predicted molar refractivity (Wildman–Crippen MR) is 128 cm³/mol. The Morgan fingerprint density at radius 3 is 2.03 bits per heavy atom. The number of carboxylic acids is 1. The largest absolute Gasteiger partial charge is 0.480 e. The molecule has 0 aliphatic heterocycles. The standard InChI is InChI=1S/C27H24N2O4/c1-17(27(32)33)28-26(31)24(16-20-12-6-10-18-8-2-4-13-21(18)20)29-25(30)23-15-7-11-19-9-3-5-14-22(19)23/h2-15,17,24H,16H2,1H3,(H,28,31)(H,29,30)(H,32,33). The zero-order valence-electron chi connectivity index (χ0n) is 18.1. The van der Waals surface area contributed by atoms with Crippen LogP contribution in [0.15, 0.2) is 84.9 Å². The van der Waals surface area contributed by atoms with Crippen molar-refractivity contribution < 1.29 is 19.5 Å². The fourth-order valence-electron chi connectivity index (χ4n) is 3.93. The highest BCUT2D eigenvalue weighted by molar-refractivity contribution is 6.08. The van der Waals surface area contributed by atoms with E-state index in [9.17, 15) is 19.5 Å². The Bertz CT molecular complexity index is 1340.